The molecule has 1 aliphatic rings. The van der Waals surface area contributed by atoms with Crippen LogP contribution in [0, 0.1) is 0 Å². The summed E-state index contributed by atoms with van der Waals surface area (Å²) in [6, 6.07) is 94.5. The molecule has 0 aliphatic heterocycles. The average Bonchev–Trinajstić information content (AvgIpc) is 3.99. The molecule has 0 saturated heterocycles. The van der Waals surface area contributed by atoms with Gasteiger partial charge in [0.1, 0.15) is 22.3 Å². The van der Waals surface area contributed by atoms with E-state index in [4.69, 9.17) is 8.83 Å². The Morgan fingerprint density at radius 2 is 0.671 bits per heavy atom. The molecule has 2 aromatic heterocycles. The maximum atomic E-state index is 6.52. The fourth-order valence-electron chi connectivity index (χ4n) is 11.5. The van der Waals surface area contributed by atoms with Gasteiger partial charge in [-0.05, 0) is 104 Å². The highest BCUT2D eigenvalue weighted by molar-refractivity contribution is 6.11. The van der Waals surface area contributed by atoms with Crippen LogP contribution in [-0.4, -0.2) is 0 Å². The lowest BCUT2D eigenvalue weighted by atomic mass is 9.63. The fourth-order valence-corrected chi connectivity index (χ4v) is 11.5. The number of para-hydroxylation sites is 4. The Balaban J connectivity index is 0.972. The van der Waals surface area contributed by atoms with Crippen LogP contribution in [0.2, 0.25) is 0 Å². The van der Waals surface area contributed by atoms with E-state index in [1.807, 2.05) is 24.3 Å². The number of rotatable bonds is 7. The van der Waals surface area contributed by atoms with Crippen LogP contribution in [-0.2, 0) is 5.41 Å². The molecule has 0 fully saturated rings. The number of furan rings is 2. The van der Waals surface area contributed by atoms with Gasteiger partial charge in [-0.1, -0.05) is 212 Å². The summed E-state index contributed by atoms with van der Waals surface area (Å²) in [6.45, 7) is 0. The molecule has 328 valence electrons. The minimum atomic E-state index is -0.681. The molecule has 0 amide bonds. The predicted molar refractivity (Wildman–Crippen MR) is 289 cm³/mol. The van der Waals surface area contributed by atoms with Gasteiger partial charge in [0.05, 0.1) is 5.41 Å². The van der Waals surface area contributed by atoms with Crippen molar-refractivity contribution in [3.05, 3.63) is 283 Å². The fraction of sp³-hybridized carbons (Fsp3) is 0.0149. The van der Waals surface area contributed by atoms with Crippen molar-refractivity contribution >= 4 is 60.9 Å². The Morgan fingerprint density at radius 1 is 0.271 bits per heavy atom. The Kier molecular flexibility index (Phi) is 9.11. The molecule has 14 rings (SSSR count). The Morgan fingerprint density at radius 3 is 1.20 bits per heavy atom. The molecular weight excluding hydrogens is 851 g/mol. The van der Waals surface area contributed by atoms with E-state index in [2.05, 4.69) is 241 Å². The molecule has 70 heavy (non-hydrogen) atoms. The van der Waals surface area contributed by atoms with Gasteiger partial charge in [-0.25, -0.2) is 0 Å². The highest BCUT2D eigenvalue weighted by Crippen LogP contribution is 2.55. The molecule has 2 heterocycles. The van der Waals surface area contributed by atoms with Crippen LogP contribution in [0.3, 0.4) is 0 Å². The van der Waals surface area contributed by atoms with Crippen molar-refractivity contribution in [2.24, 2.45) is 0 Å². The van der Waals surface area contributed by atoms with Gasteiger partial charge in [-0.15, -0.1) is 0 Å². The molecule has 0 bridgehead atoms. The van der Waals surface area contributed by atoms with E-state index in [0.717, 1.165) is 83.2 Å². The third-order valence-electron chi connectivity index (χ3n) is 14.6. The second-order valence-corrected chi connectivity index (χ2v) is 18.3. The SMILES string of the molecule is c1ccc(C2(c3cccc(N(c4ccc(-c5cccc6c5oc5ccccc56)cc4)c4ccc(-c5cccc6c5oc5ccccc56)cc4)c3)c3ccccc3-c3ccccc3-c3ccccc32)cc1. The molecule has 13 aromatic rings. The van der Waals surface area contributed by atoms with Crippen molar-refractivity contribution < 1.29 is 8.83 Å². The molecule has 0 atom stereocenters. The van der Waals surface area contributed by atoms with Gasteiger partial charge in [0.25, 0.3) is 0 Å². The van der Waals surface area contributed by atoms with Crippen LogP contribution in [0.25, 0.3) is 88.4 Å². The molecule has 3 heteroatoms. The zero-order chi connectivity index (χ0) is 46.2. The van der Waals surface area contributed by atoms with Crippen molar-refractivity contribution in [2.75, 3.05) is 4.90 Å². The lowest BCUT2D eigenvalue weighted by Crippen LogP contribution is -2.32. The largest absolute Gasteiger partial charge is 0.455 e. The van der Waals surface area contributed by atoms with Crippen molar-refractivity contribution in [1.82, 2.24) is 0 Å². The average molecular weight is 894 g/mol. The number of fused-ring (bicyclic) bond motifs is 11. The minimum absolute atomic E-state index is 0.681. The lowest BCUT2D eigenvalue weighted by molar-refractivity contribution is 0.669. The zero-order valence-corrected chi connectivity index (χ0v) is 38.1. The first-order valence-corrected chi connectivity index (χ1v) is 24.0. The maximum absolute atomic E-state index is 6.52. The topological polar surface area (TPSA) is 29.5 Å². The number of nitrogens with zero attached hydrogens (tertiary/aromatic N) is 1. The highest BCUT2D eigenvalue weighted by atomic mass is 16.3. The van der Waals surface area contributed by atoms with E-state index < -0.39 is 5.41 Å². The van der Waals surface area contributed by atoms with Crippen LogP contribution in [0.4, 0.5) is 17.1 Å². The first-order chi connectivity index (χ1) is 34.7. The first kappa shape index (κ1) is 39.9. The smallest absolute Gasteiger partial charge is 0.143 e. The summed E-state index contributed by atoms with van der Waals surface area (Å²) in [5, 5.41) is 4.48. The van der Waals surface area contributed by atoms with Gasteiger partial charge in [0, 0.05) is 49.7 Å². The summed E-state index contributed by atoms with van der Waals surface area (Å²) in [4.78, 5) is 2.39. The second kappa shape index (κ2) is 16.0. The molecule has 11 aromatic carbocycles. The van der Waals surface area contributed by atoms with Crippen LogP contribution in [0.1, 0.15) is 22.3 Å². The quantitative estimate of drug-likeness (QED) is 0.160. The van der Waals surface area contributed by atoms with E-state index in [9.17, 15) is 0 Å². The monoisotopic (exact) mass is 893 g/mol. The molecule has 0 saturated carbocycles. The van der Waals surface area contributed by atoms with Crippen LogP contribution in [0.5, 0.6) is 0 Å². The summed E-state index contributed by atoms with van der Waals surface area (Å²) < 4.78 is 13.0. The Hall–Kier alpha value is -9.18. The molecule has 1 aliphatic carbocycles. The van der Waals surface area contributed by atoms with Crippen molar-refractivity contribution in [1.29, 1.82) is 0 Å². The van der Waals surface area contributed by atoms with Crippen molar-refractivity contribution in [3.8, 4) is 44.5 Å². The van der Waals surface area contributed by atoms with E-state index in [0.29, 0.717) is 0 Å². The Bertz CT molecular complexity index is 3900. The van der Waals surface area contributed by atoms with Gasteiger partial charge in [-0.3, -0.25) is 0 Å². The summed E-state index contributed by atoms with van der Waals surface area (Å²) in [7, 11) is 0. The van der Waals surface area contributed by atoms with E-state index in [1.54, 1.807) is 0 Å². The van der Waals surface area contributed by atoms with Crippen molar-refractivity contribution in [3.63, 3.8) is 0 Å². The second-order valence-electron chi connectivity index (χ2n) is 18.3. The van der Waals surface area contributed by atoms with Crippen LogP contribution < -0.4 is 4.90 Å². The summed E-state index contributed by atoms with van der Waals surface area (Å²) in [5.41, 5.74) is 20.1. The van der Waals surface area contributed by atoms with E-state index in [-0.39, 0.29) is 0 Å². The molecule has 0 radical (unpaired) electrons. The molecule has 0 unspecified atom stereocenters. The first-order valence-electron chi connectivity index (χ1n) is 24.0. The molecule has 0 N–H and O–H groups in total. The maximum Gasteiger partial charge on any atom is 0.143 e. The third kappa shape index (κ3) is 6.08. The van der Waals surface area contributed by atoms with Gasteiger partial charge < -0.3 is 13.7 Å². The van der Waals surface area contributed by atoms with Crippen LogP contribution >= 0.6 is 0 Å². The summed E-state index contributed by atoms with van der Waals surface area (Å²) >= 11 is 0. The third-order valence-corrected chi connectivity index (χ3v) is 14.6. The predicted octanol–water partition coefficient (Wildman–Crippen LogP) is 18.3. The molecular formula is C67H43NO2. The standard InChI is InChI=1S/C67H43NO2/c1-2-17-46(18-3-1)67(61-31-10-6-23-55(61)53-21-4-5-22-54(53)56-24-7-11-32-62(56)67)47-19-14-20-50(43-47)68(48-39-35-44(36-40-48)51-27-15-29-59-57-25-8-12-33-63(57)69-65(51)59)49-41-37-45(38-42-49)52-28-16-30-60-58-26-9-13-34-64(58)70-66(52)60/h1-43H. The molecule has 0 spiro atoms. The van der Waals surface area contributed by atoms with Gasteiger partial charge in [0.15, 0.2) is 0 Å². The number of benzene rings is 11. The number of anilines is 3. The van der Waals surface area contributed by atoms with Crippen molar-refractivity contribution in [2.45, 2.75) is 5.41 Å². The van der Waals surface area contributed by atoms with E-state index in [1.165, 1.54) is 44.5 Å². The number of hydrogen-bond donors (Lipinski definition) is 0. The summed E-state index contributed by atoms with van der Waals surface area (Å²) in [6.07, 6.45) is 0. The van der Waals surface area contributed by atoms with E-state index >= 15 is 0 Å². The minimum Gasteiger partial charge on any atom is -0.455 e. The zero-order valence-electron chi connectivity index (χ0n) is 38.1. The van der Waals surface area contributed by atoms with Gasteiger partial charge in [-0.2, -0.15) is 0 Å². The summed E-state index contributed by atoms with van der Waals surface area (Å²) in [5.74, 6) is 0. The van der Waals surface area contributed by atoms with Crippen LogP contribution in [0.15, 0.2) is 270 Å². The lowest BCUT2D eigenvalue weighted by Gasteiger charge is -2.39. The van der Waals surface area contributed by atoms with Gasteiger partial charge in [0.2, 0.25) is 0 Å². The van der Waals surface area contributed by atoms with Gasteiger partial charge >= 0.3 is 0 Å². The highest BCUT2D eigenvalue weighted by Gasteiger charge is 2.44. The Labute approximate surface area is 405 Å². The molecule has 3 nitrogen and oxygen atoms in total. The number of hydrogen-bond acceptors (Lipinski definition) is 3. The normalized spacial score (nSPS) is 12.7.